The summed E-state index contributed by atoms with van der Waals surface area (Å²) in [6, 6.07) is 9.03. The average molecular weight is 342 g/mol. The van der Waals surface area contributed by atoms with Gasteiger partial charge in [-0.3, -0.25) is 4.79 Å². The van der Waals surface area contributed by atoms with Crippen LogP contribution in [0.2, 0.25) is 5.02 Å². The predicted molar refractivity (Wildman–Crippen MR) is 81.8 cm³/mol. The van der Waals surface area contributed by atoms with E-state index in [-0.39, 0.29) is 5.91 Å². The monoisotopic (exact) mass is 340 g/mol. The molecule has 0 bridgehead atoms. The van der Waals surface area contributed by atoms with Crippen molar-refractivity contribution in [2.45, 2.75) is 19.9 Å². The van der Waals surface area contributed by atoms with E-state index in [1.807, 2.05) is 22.9 Å². The Morgan fingerprint density at radius 3 is 2.95 bits per heavy atom. The summed E-state index contributed by atoms with van der Waals surface area (Å²) in [7, 11) is 0. The van der Waals surface area contributed by atoms with Gasteiger partial charge in [-0.15, -0.1) is 0 Å². The molecule has 1 amide bonds. The predicted octanol–water partition coefficient (Wildman–Crippen LogP) is 4.57. The molecule has 0 aliphatic heterocycles. The number of anilines is 1. The number of nitrogens with zero attached hydrogens (tertiary/aromatic N) is 1. The number of carbonyl (C=O) groups excluding carboxylic acids is 1. The summed E-state index contributed by atoms with van der Waals surface area (Å²) < 4.78 is 2.80. The fraction of sp³-hybridized carbons (Fsp3) is 0.214. The van der Waals surface area contributed by atoms with Gasteiger partial charge in [-0.05, 0) is 36.8 Å². The first kappa shape index (κ1) is 14.2. The molecule has 0 aliphatic rings. The van der Waals surface area contributed by atoms with Gasteiger partial charge in [0.05, 0.1) is 10.7 Å². The van der Waals surface area contributed by atoms with Crippen molar-refractivity contribution in [2.24, 2.45) is 0 Å². The van der Waals surface area contributed by atoms with E-state index in [0.717, 1.165) is 17.4 Å². The highest BCUT2D eigenvalue weighted by Crippen LogP contribution is 2.26. The molecular formula is C14H14BrClN2O. The minimum absolute atomic E-state index is 0.154. The number of carbonyl (C=O) groups is 1. The van der Waals surface area contributed by atoms with Gasteiger partial charge in [0.25, 0.3) is 5.91 Å². The van der Waals surface area contributed by atoms with E-state index >= 15 is 0 Å². The van der Waals surface area contributed by atoms with E-state index < -0.39 is 0 Å². The van der Waals surface area contributed by atoms with Gasteiger partial charge >= 0.3 is 0 Å². The van der Waals surface area contributed by atoms with Gasteiger partial charge in [0.2, 0.25) is 0 Å². The minimum atomic E-state index is -0.154. The molecule has 0 spiro atoms. The summed E-state index contributed by atoms with van der Waals surface area (Å²) in [6.45, 7) is 2.90. The molecule has 0 atom stereocenters. The fourth-order valence-corrected chi connectivity index (χ4v) is 2.36. The quantitative estimate of drug-likeness (QED) is 0.868. The average Bonchev–Trinajstić information content (AvgIpc) is 2.82. The largest absolute Gasteiger partial charge is 0.344 e. The molecule has 19 heavy (non-hydrogen) atoms. The molecule has 5 heteroatoms. The second kappa shape index (κ2) is 6.26. The van der Waals surface area contributed by atoms with Crippen molar-refractivity contribution in [3.8, 4) is 0 Å². The smallest absolute Gasteiger partial charge is 0.272 e. The maximum atomic E-state index is 12.2. The Labute approximate surface area is 125 Å². The maximum absolute atomic E-state index is 12.2. The van der Waals surface area contributed by atoms with Crippen molar-refractivity contribution in [1.82, 2.24) is 4.57 Å². The van der Waals surface area contributed by atoms with E-state index in [0.29, 0.717) is 16.4 Å². The molecule has 1 aromatic carbocycles. The SMILES string of the molecule is CCCn1cccc1C(=O)Nc1cc(Br)ccc1Cl. The molecule has 0 aliphatic carbocycles. The van der Waals surface area contributed by atoms with Gasteiger partial charge in [-0.25, -0.2) is 0 Å². The third-order valence-electron chi connectivity index (χ3n) is 2.70. The molecule has 0 saturated heterocycles. The fourth-order valence-electron chi connectivity index (χ4n) is 1.84. The van der Waals surface area contributed by atoms with Crippen molar-refractivity contribution in [3.63, 3.8) is 0 Å². The summed E-state index contributed by atoms with van der Waals surface area (Å²) in [5.41, 5.74) is 1.24. The van der Waals surface area contributed by atoms with Crippen LogP contribution in [0.1, 0.15) is 23.8 Å². The minimum Gasteiger partial charge on any atom is -0.344 e. The first-order valence-corrected chi connectivity index (χ1v) is 7.20. The first-order valence-electron chi connectivity index (χ1n) is 6.03. The van der Waals surface area contributed by atoms with Crippen molar-refractivity contribution in [1.29, 1.82) is 0 Å². The van der Waals surface area contributed by atoms with Crippen molar-refractivity contribution in [2.75, 3.05) is 5.32 Å². The lowest BCUT2D eigenvalue weighted by atomic mass is 10.3. The Morgan fingerprint density at radius 2 is 2.21 bits per heavy atom. The van der Waals surface area contributed by atoms with Crippen LogP contribution in [-0.2, 0) is 6.54 Å². The van der Waals surface area contributed by atoms with Crippen LogP contribution in [0.25, 0.3) is 0 Å². The van der Waals surface area contributed by atoms with Gasteiger partial charge < -0.3 is 9.88 Å². The lowest BCUT2D eigenvalue weighted by Gasteiger charge is -2.10. The van der Waals surface area contributed by atoms with E-state index in [1.165, 1.54) is 0 Å². The van der Waals surface area contributed by atoms with Crippen molar-refractivity contribution < 1.29 is 4.79 Å². The van der Waals surface area contributed by atoms with Gasteiger partial charge in [0, 0.05) is 17.2 Å². The van der Waals surface area contributed by atoms with Gasteiger partial charge in [0.15, 0.2) is 0 Å². The second-order valence-electron chi connectivity index (χ2n) is 4.17. The van der Waals surface area contributed by atoms with Crippen LogP contribution < -0.4 is 5.32 Å². The van der Waals surface area contributed by atoms with E-state index in [2.05, 4.69) is 28.2 Å². The third-order valence-corrected chi connectivity index (χ3v) is 3.53. The summed E-state index contributed by atoms with van der Waals surface area (Å²) >= 11 is 9.42. The van der Waals surface area contributed by atoms with Gasteiger partial charge in [-0.1, -0.05) is 34.5 Å². The zero-order chi connectivity index (χ0) is 13.8. The number of hydrogen-bond acceptors (Lipinski definition) is 1. The summed E-state index contributed by atoms with van der Waals surface area (Å²) in [6.07, 6.45) is 2.88. The molecule has 2 rings (SSSR count). The number of halogens is 2. The zero-order valence-corrected chi connectivity index (χ0v) is 12.8. The molecule has 2 aromatic rings. The van der Waals surface area contributed by atoms with Crippen LogP contribution in [-0.4, -0.2) is 10.5 Å². The van der Waals surface area contributed by atoms with E-state index in [1.54, 1.807) is 18.2 Å². The van der Waals surface area contributed by atoms with Gasteiger partial charge in [0.1, 0.15) is 5.69 Å². The second-order valence-corrected chi connectivity index (χ2v) is 5.49. The Balaban J connectivity index is 2.21. The molecular weight excluding hydrogens is 328 g/mol. The Morgan fingerprint density at radius 1 is 1.42 bits per heavy atom. The highest BCUT2D eigenvalue weighted by Gasteiger charge is 2.12. The molecule has 0 unspecified atom stereocenters. The number of nitrogens with one attached hydrogen (secondary N) is 1. The number of aromatic nitrogens is 1. The topological polar surface area (TPSA) is 34.0 Å². The maximum Gasteiger partial charge on any atom is 0.272 e. The van der Waals surface area contributed by atoms with Crippen molar-refractivity contribution in [3.05, 3.63) is 51.7 Å². The lowest BCUT2D eigenvalue weighted by Crippen LogP contribution is -2.17. The molecule has 1 heterocycles. The summed E-state index contributed by atoms with van der Waals surface area (Å²) in [5.74, 6) is -0.154. The van der Waals surface area contributed by atoms with Crippen LogP contribution in [0.5, 0.6) is 0 Å². The molecule has 0 saturated carbocycles. The molecule has 0 radical (unpaired) electrons. The Bertz CT molecular complexity index is 595. The third kappa shape index (κ3) is 3.39. The van der Waals surface area contributed by atoms with Crippen LogP contribution in [0, 0.1) is 0 Å². The lowest BCUT2D eigenvalue weighted by molar-refractivity contribution is 0.101. The Kier molecular flexibility index (Phi) is 4.66. The molecule has 3 nitrogen and oxygen atoms in total. The zero-order valence-electron chi connectivity index (χ0n) is 10.5. The number of benzene rings is 1. The van der Waals surface area contributed by atoms with E-state index in [9.17, 15) is 4.79 Å². The molecule has 0 fully saturated rings. The van der Waals surface area contributed by atoms with Gasteiger partial charge in [-0.2, -0.15) is 0 Å². The number of amides is 1. The molecule has 100 valence electrons. The van der Waals surface area contributed by atoms with Crippen LogP contribution in [0.4, 0.5) is 5.69 Å². The van der Waals surface area contributed by atoms with Crippen LogP contribution in [0.3, 0.4) is 0 Å². The number of aryl methyl sites for hydroxylation is 1. The van der Waals surface area contributed by atoms with Crippen LogP contribution in [0.15, 0.2) is 41.0 Å². The molecule has 1 N–H and O–H groups in total. The van der Waals surface area contributed by atoms with E-state index in [4.69, 9.17) is 11.6 Å². The highest BCUT2D eigenvalue weighted by molar-refractivity contribution is 9.10. The number of hydrogen-bond donors (Lipinski definition) is 1. The normalized spacial score (nSPS) is 10.5. The van der Waals surface area contributed by atoms with Crippen molar-refractivity contribution >= 4 is 39.1 Å². The standard InChI is InChI=1S/C14H14BrClN2O/c1-2-7-18-8-3-4-13(18)14(19)17-12-9-10(15)5-6-11(12)16/h3-6,8-9H,2,7H2,1H3,(H,17,19). The highest BCUT2D eigenvalue weighted by atomic mass is 79.9. The first-order chi connectivity index (χ1) is 9.11. The van der Waals surface area contributed by atoms with Crippen LogP contribution >= 0.6 is 27.5 Å². The molecule has 1 aromatic heterocycles. The summed E-state index contributed by atoms with van der Waals surface area (Å²) in [5, 5.41) is 3.35. The summed E-state index contributed by atoms with van der Waals surface area (Å²) in [4.78, 5) is 12.2. The number of rotatable bonds is 4. The Hall–Kier alpha value is -1.26.